The van der Waals surface area contributed by atoms with Gasteiger partial charge in [0.2, 0.25) is 0 Å². The van der Waals surface area contributed by atoms with Crippen LogP contribution >= 0.6 is 0 Å². The van der Waals surface area contributed by atoms with Crippen molar-refractivity contribution in [3.63, 3.8) is 0 Å². The second-order valence-corrected chi connectivity index (χ2v) is 6.81. The standard InChI is InChI=1S/C23H26O7/c1-26-18-7-6-13(9-19(18)27-2)22-15-11-21(29-4)20(28-3)10-14(15)8-16(17(22)12-24)23(25)30-5/h6-11,17,22,24H,12H2,1-5H3/t17-,22-/m1/s1. The van der Waals surface area contributed by atoms with Crippen molar-refractivity contribution in [2.75, 3.05) is 42.2 Å². The molecule has 2 atom stereocenters. The minimum Gasteiger partial charge on any atom is -0.493 e. The molecule has 1 N–H and O–H groups in total. The summed E-state index contributed by atoms with van der Waals surface area (Å²) in [4.78, 5) is 12.5. The molecule has 1 aliphatic rings. The fourth-order valence-electron chi connectivity index (χ4n) is 3.97. The maximum atomic E-state index is 12.5. The lowest BCUT2D eigenvalue weighted by atomic mass is 9.71. The van der Waals surface area contributed by atoms with Gasteiger partial charge in [0.05, 0.1) is 42.2 Å². The normalized spacial score (nSPS) is 17.5. The molecule has 0 saturated heterocycles. The smallest absolute Gasteiger partial charge is 0.334 e. The highest BCUT2D eigenvalue weighted by atomic mass is 16.5. The number of carbonyl (C=O) groups excluding carboxylic acids is 1. The van der Waals surface area contributed by atoms with E-state index in [0.717, 1.165) is 16.7 Å². The quantitative estimate of drug-likeness (QED) is 0.697. The van der Waals surface area contributed by atoms with Gasteiger partial charge in [-0.25, -0.2) is 4.79 Å². The van der Waals surface area contributed by atoms with Gasteiger partial charge in [0, 0.05) is 17.4 Å². The summed E-state index contributed by atoms with van der Waals surface area (Å²) in [7, 11) is 7.58. The van der Waals surface area contributed by atoms with Gasteiger partial charge in [-0.1, -0.05) is 6.07 Å². The van der Waals surface area contributed by atoms with Crippen LogP contribution in [0.25, 0.3) is 6.08 Å². The average Bonchev–Trinajstić information content (AvgIpc) is 2.80. The van der Waals surface area contributed by atoms with Crippen LogP contribution in [0.3, 0.4) is 0 Å². The molecule has 2 aromatic carbocycles. The number of rotatable bonds is 7. The molecule has 0 heterocycles. The van der Waals surface area contributed by atoms with Crippen molar-refractivity contribution in [1.29, 1.82) is 0 Å². The molecule has 0 bridgehead atoms. The molecule has 7 heteroatoms. The van der Waals surface area contributed by atoms with Gasteiger partial charge in [-0.15, -0.1) is 0 Å². The van der Waals surface area contributed by atoms with Gasteiger partial charge in [0.1, 0.15) is 0 Å². The Morgan fingerprint density at radius 1 is 0.867 bits per heavy atom. The van der Waals surface area contributed by atoms with Crippen molar-refractivity contribution >= 4 is 12.0 Å². The summed E-state index contributed by atoms with van der Waals surface area (Å²) in [6, 6.07) is 9.25. The van der Waals surface area contributed by atoms with Crippen molar-refractivity contribution in [1.82, 2.24) is 0 Å². The van der Waals surface area contributed by atoms with Gasteiger partial charge in [-0.05, 0) is 47.0 Å². The summed E-state index contributed by atoms with van der Waals surface area (Å²) in [5.41, 5.74) is 2.93. The number of aliphatic hydroxyl groups is 1. The van der Waals surface area contributed by atoms with Gasteiger partial charge < -0.3 is 28.8 Å². The summed E-state index contributed by atoms with van der Waals surface area (Å²) in [5, 5.41) is 10.3. The molecule has 0 fully saturated rings. The summed E-state index contributed by atoms with van der Waals surface area (Å²) >= 11 is 0. The van der Waals surface area contributed by atoms with E-state index in [1.54, 1.807) is 40.6 Å². The second-order valence-electron chi connectivity index (χ2n) is 6.81. The van der Waals surface area contributed by atoms with Crippen LogP contribution in [0.2, 0.25) is 0 Å². The minimum atomic E-state index is -0.513. The molecular formula is C23H26O7. The third-order valence-electron chi connectivity index (χ3n) is 5.42. The number of carbonyl (C=O) groups is 1. The molecule has 1 aliphatic carbocycles. The first-order chi connectivity index (χ1) is 14.5. The Labute approximate surface area is 175 Å². The summed E-state index contributed by atoms with van der Waals surface area (Å²) in [5.74, 6) is 0.917. The van der Waals surface area contributed by atoms with E-state index in [1.807, 2.05) is 24.3 Å². The zero-order valence-corrected chi connectivity index (χ0v) is 17.7. The van der Waals surface area contributed by atoms with E-state index in [0.29, 0.717) is 28.6 Å². The molecule has 30 heavy (non-hydrogen) atoms. The molecule has 2 aromatic rings. The van der Waals surface area contributed by atoms with Crippen LogP contribution < -0.4 is 18.9 Å². The first kappa shape index (κ1) is 21.5. The Morgan fingerprint density at radius 2 is 1.47 bits per heavy atom. The van der Waals surface area contributed by atoms with E-state index in [-0.39, 0.29) is 12.5 Å². The predicted molar refractivity (Wildman–Crippen MR) is 112 cm³/mol. The average molecular weight is 414 g/mol. The third kappa shape index (κ3) is 3.68. The molecule has 0 spiro atoms. The lowest BCUT2D eigenvalue weighted by molar-refractivity contribution is -0.136. The number of fused-ring (bicyclic) bond motifs is 1. The summed E-state index contributed by atoms with van der Waals surface area (Å²) in [6.07, 6.45) is 1.74. The zero-order valence-electron chi connectivity index (χ0n) is 17.7. The van der Waals surface area contributed by atoms with E-state index in [9.17, 15) is 9.90 Å². The van der Waals surface area contributed by atoms with Gasteiger partial charge in [0.25, 0.3) is 0 Å². The number of hydrogen-bond donors (Lipinski definition) is 1. The Hall–Kier alpha value is -3.19. The number of benzene rings is 2. The van der Waals surface area contributed by atoms with Crippen LogP contribution in [0.15, 0.2) is 35.9 Å². The number of ether oxygens (including phenoxy) is 5. The van der Waals surface area contributed by atoms with E-state index in [4.69, 9.17) is 23.7 Å². The van der Waals surface area contributed by atoms with Crippen molar-refractivity contribution in [2.24, 2.45) is 5.92 Å². The number of esters is 1. The largest absolute Gasteiger partial charge is 0.493 e. The highest BCUT2D eigenvalue weighted by Crippen LogP contribution is 2.47. The van der Waals surface area contributed by atoms with E-state index >= 15 is 0 Å². The van der Waals surface area contributed by atoms with Gasteiger partial charge in [-0.2, -0.15) is 0 Å². The van der Waals surface area contributed by atoms with Crippen LogP contribution in [0, 0.1) is 5.92 Å². The van der Waals surface area contributed by atoms with E-state index < -0.39 is 11.9 Å². The highest BCUT2D eigenvalue weighted by Gasteiger charge is 2.37. The van der Waals surface area contributed by atoms with Crippen LogP contribution in [-0.2, 0) is 9.53 Å². The molecular weight excluding hydrogens is 388 g/mol. The minimum absolute atomic E-state index is 0.242. The molecule has 0 unspecified atom stereocenters. The molecule has 0 radical (unpaired) electrons. The number of aliphatic hydroxyl groups excluding tert-OH is 1. The van der Waals surface area contributed by atoms with E-state index in [2.05, 4.69) is 0 Å². The lowest BCUT2D eigenvalue weighted by Gasteiger charge is -2.33. The highest BCUT2D eigenvalue weighted by molar-refractivity contribution is 5.96. The van der Waals surface area contributed by atoms with Crippen LogP contribution in [-0.4, -0.2) is 53.2 Å². The molecule has 0 aromatic heterocycles. The van der Waals surface area contributed by atoms with Crippen molar-refractivity contribution in [3.8, 4) is 23.0 Å². The fraction of sp³-hybridized carbons (Fsp3) is 0.348. The van der Waals surface area contributed by atoms with Crippen molar-refractivity contribution < 1.29 is 33.6 Å². The Balaban J connectivity index is 2.28. The Morgan fingerprint density at radius 3 is 2.03 bits per heavy atom. The third-order valence-corrected chi connectivity index (χ3v) is 5.42. The summed E-state index contributed by atoms with van der Waals surface area (Å²) < 4.78 is 26.7. The number of methoxy groups -OCH3 is 5. The monoisotopic (exact) mass is 414 g/mol. The first-order valence-corrected chi connectivity index (χ1v) is 9.41. The second kappa shape index (κ2) is 9.09. The van der Waals surface area contributed by atoms with Gasteiger partial charge >= 0.3 is 5.97 Å². The molecule has 0 amide bonds. The fourth-order valence-corrected chi connectivity index (χ4v) is 3.97. The van der Waals surface area contributed by atoms with Crippen LogP contribution in [0.1, 0.15) is 22.6 Å². The predicted octanol–water partition coefficient (Wildman–Crippen LogP) is 3.03. The van der Waals surface area contributed by atoms with Gasteiger partial charge in [0.15, 0.2) is 23.0 Å². The molecule has 0 aliphatic heterocycles. The SMILES string of the molecule is COC(=O)C1=Cc2cc(OC)c(OC)cc2[C@@H](c2ccc(OC)c(OC)c2)[C@@H]1CO. The molecule has 0 saturated carbocycles. The zero-order chi connectivity index (χ0) is 21.8. The van der Waals surface area contributed by atoms with Crippen molar-refractivity contribution in [3.05, 3.63) is 52.6 Å². The van der Waals surface area contributed by atoms with Crippen LogP contribution in [0.4, 0.5) is 0 Å². The molecule has 7 nitrogen and oxygen atoms in total. The summed E-state index contributed by atoms with van der Waals surface area (Å²) in [6.45, 7) is -0.242. The maximum absolute atomic E-state index is 12.5. The first-order valence-electron chi connectivity index (χ1n) is 9.41. The lowest BCUT2D eigenvalue weighted by Crippen LogP contribution is -2.28. The Bertz CT molecular complexity index is 964. The topological polar surface area (TPSA) is 83.5 Å². The maximum Gasteiger partial charge on any atom is 0.334 e. The van der Waals surface area contributed by atoms with Gasteiger partial charge in [-0.3, -0.25) is 0 Å². The number of hydrogen-bond acceptors (Lipinski definition) is 7. The van der Waals surface area contributed by atoms with Crippen LogP contribution in [0.5, 0.6) is 23.0 Å². The molecule has 160 valence electrons. The van der Waals surface area contributed by atoms with E-state index in [1.165, 1.54) is 7.11 Å². The van der Waals surface area contributed by atoms with Crippen molar-refractivity contribution in [2.45, 2.75) is 5.92 Å². The molecule has 3 rings (SSSR count). The Kier molecular flexibility index (Phi) is 6.52.